The van der Waals surface area contributed by atoms with Gasteiger partial charge < -0.3 is 20.1 Å². The third-order valence-corrected chi connectivity index (χ3v) is 1.51. The summed E-state index contributed by atoms with van der Waals surface area (Å²) in [5.74, 6) is -1.35. The number of hydrogen-bond acceptors (Lipinski definition) is 5. The largest absolute Gasteiger partial charge is 0.464 e. The number of ether oxygens (including phenoxy) is 2. The Kier molecular flexibility index (Phi) is 5.87. The van der Waals surface area contributed by atoms with Crippen LogP contribution in [0.15, 0.2) is 12.3 Å². The third kappa shape index (κ3) is 7.26. The summed E-state index contributed by atoms with van der Waals surface area (Å²) in [6.45, 7) is 8.07. The van der Waals surface area contributed by atoms with Crippen molar-refractivity contribution >= 4 is 18.0 Å². The van der Waals surface area contributed by atoms with E-state index in [2.05, 4.69) is 21.9 Å². The molecule has 0 aromatic heterocycles. The van der Waals surface area contributed by atoms with Crippen molar-refractivity contribution in [2.45, 2.75) is 26.4 Å². The van der Waals surface area contributed by atoms with E-state index in [0.717, 1.165) is 0 Å². The minimum atomic E-state index is -0.749. The first-order valence-corrected chi connectivity index (χ1v) is 5.19. The van der Waals surface area contributed by atoms with Gasteiger partial charge >= 0.3 is 12.1 Å². The van der Waals surface area contributed by atoms with Gasteiger partial charge in [0, 0.05) is 0 Å². The van der Waals surface area contributed by atoms with E-state index in [9.17, 15) is 14.4 Å². The monoisotopic (exact) mass is 258 g/mol. The van der Waals surface area contributed by atoms with E-state index in [1.165, 1.54) is 7.11 Å². The highest BCUT2D eigenvalue weighted by atomic mass is 16.6. The van der Waals surface area contributed by atoms with Gasteiger partial charge in [-0.2, -0.15) is 0 Å². The summed E-state index contributed by atoms with van der Waals surface area (Å²) in [5.41, 5.74) is -0.843. The van der Waals surface area contributed by atoms with Crippen molar-refractivity contribution in [1.29, 1.82) is 0 Å². The highest BCUT2D eigenvalue weighted by Gasteiger charge is 2.17. The molecule has 0 aromatic carbocycles. The number of hydrogen-bond donors (Lipinski definition) is 2. The van der Waals surface area contributed by atoms with Crippen LogP contribution in [0.2, 0.25) is 0 Å². The second-order valence-electron chi connectivity index (χ2n) is 4.37. The van der Waals surface area contributed by atoms with Crippen molar-refractivity contribution in [3.63, 3.8) is 0 Å². The van der Waals surface area contributed by atoms with Crippen LogP contribution in [0.5, 0.6) is 0 Å². The van der Waals surface area contributed by atoms with Crippen molar-refractivity contribution in [3.05, 3.63) is 12.3 Å². The minimum Gasteiger partial charge on any atom is -0.464 e. The molecule has 0 unspecified atom stereocenters. The maximum atomic E-state index is 11.3. The van der Waals surface area contributed by atoms with Gasteiger partial charge in [0.25, 0.3) is 0 Å². The van der Waals surface area contributed by atoms with Crippen LogP contribution in [0, 0.1) is 0 Å². The number of nitrogens with one attached hydrogen (secondary N) is 2. The van der Waals surface area contributed by atoms with Gasteiger partial charge in [-0.05, 0) is 20.8 Å². The molecule has 102 valence electrons. The first-order valence-electron chi connectivity index (χ1n) is 5.19. The maximum absolute atomic E-state index is 11.3. The summed E-state index contributed by atoms with van der Waals surface area (Å²) in [6, 6.07) is 0. The SMILES string of the molecule is C=C(NC(=O)CNC(=O)OC(C)(C)C)C(=O)OC. The van der Waals surface area contributed by atoms with Crippen LogP contribution in [0.3, 0.4) is 0 Å². The van der Waals surface area contributed by atoms with Crippen LogP contribution in [0.1, 0.15) is 20.8 Å². The molecule has 18 heavy (non-hydrogen) atoms. The standard InChI is InChI=1S/C11H18N2O5/c1-7(9(15)17-5)13-8(14)6-12-10(16)18-11(2,3)4/h1,6H2,2-5H3,(H,12,16)(H,13,14). The second-order valence-corrected chi connectivity index (χ2v) is 4.37. The van der Waals surface area contributed by atoms with E-state index in [0.29, 0.717) is 0 Å². The van der Waals surface area contributed by atoms with Gasteiger partial charge in [0.05, 0.1) is 7.11 Å². The van der Waals surface area contributed by atoms with Crippen LogP contribution >= 0.6 is 0 Å². The molecule has 0 radical (unpaired) electrons. The first-order chi connectivity index (χ1) is 8.15. The van der Waals surface area contributed by atoms with Crippen molar-refractivity contribution < 1.29 is 23.9 Å². The predicted molar refractivity (Wildman–Crippen MR) is 63.5 cm³/mol. The molecule has 0 spiro atoms. The van der Waals surface area contributed by atoms with Crippen molar-refractivity contribution in [3.8, 4) is 0 Å². The molecule has 2 N–H and O–H groups in total. The zero-order valence-corrected chi connectivity index (χ0v) is 11.0. The average molecular weight is 258 g/mol. The lowest BCUT2D eigenvalue weighted by Crippen LogP contribution is -2.40. The molecule has 2 amide bonds. The quantitative estimate of drug-likeness (QED) is 0.559. The van der Waals surface area contributed by atoms with Crippen LogP contribution < -0.4 is 10.6 Å². The molecule has 0 saturated carbocycles. The van der Waals surface area contributed by atoms with E-state index >= 15 is 0 Å². The van der Waals surface area contributed by atoms with Crippen molar-refractivity contribution in [2.75, 3.05) is 13.7 Å². The van der Waals surface area contributed by atoms with E-state index in [4.69, 9.17) is 4.74 Å². The lowest BCUT2D eigenvalue weighted by Gasteiger charge is -2.19. The van der Waals surface area contributed by atoms with Gasteiger partial charge in [-0.3, -0.25) is 4.79 Å². The smallest absolute Gasteiger partial charge is 0.408 e. The molecule has 0 heterocycles. The molecule has 0 aromatic rings. The summed E-state index contributed by atoms with van der Waals surface area (Å²) in [4.78, 5) is 33.4. The molecular weight excluding hydrogens is 240 g/mol. The Labute approximate surface area is 106 Å². The predicted octanol–water partition coefficient (Wildman–Crippen LogP) is 0.314. The molecule has 0 saturated heterocycles. The number of amides is 2. The zero-order chi connectivity index (χ0) is 14.3. The average Bonchev–Trinajstić information content (AvgIpc) is 2.22. The normalized spacial score (nSPS) is 10.2. The molecule has 0 rings (SSSR count). The summed E-state index contributed by atoms with van der Waals surface area (Å²) < 4.78 is 9.26. The summed E-state index contributed by atoms with van der Waals surface area (Å²) in [6.07, 6.45) is -0.721. The second kappa shape index (κ2) is 6.63. The molecule has 0 aliphatic heterocycles. The molecule has 0 fully saturated rings. The lowest BCUT2D eigenvalue weighted by molar-refractivity contribution is -0.137. The number of esters is 1. The molecule has 7 heteroatoms. The minimum absolute atomic E-state index is 0.200. The summed E-state index contributed by atoms with van der Waals surface area (Å²) >= 11 is 0. The van der Waals surface area contributed by atoms with E-state index in [1.807, 2.05) is 0 Å². The Morgan fingerprint density at radius 2 is 1.78 bits per heavy atom. The fourth-order valence-electron chi connectivity index (χ4n) is 0.853. The fraction of sp³-hybridized carbons (Fsp3) is 0.545. The Balaban J connectivity index is 4.02. The summed E-state index contributed by atoms with van der Waals surface area (Å²) in [5, 5.41) is 4.41. The van der Waals surface area contributed by atoms with Gasteiger partial charge in [-0.15, -0.1) is 0 Å². The van der Waals surface area contributed by atoms with E-state index < -0.39 is 23.6 Å². The molecular formula is C11H18N2O5. The van der Waals surface area contributed by atoms with Gasteiger partial charge in [0.1, 0.15) is 17.8 Å². The summed E-state index contributed by atoms with van der Waals surface area (Å²) in [7, 11) is 1.17. The number of rotatable bonds is 4. The molecule has 0 atom stereocenters. The Hall–Kier alpha value is -2.05. The highest BCUT2D eigenvalue weighted by Crippen LogP contribution is 2.05. The van der Waals surface area contributed by atoms with Crippen LogP contribution in [0.4, 0.5) is 4.79 Å². The van der Waals surface area contributed by atoms with Crippen molar-refractivity contribution in [1.82, 2.24) is 10.6 Å². The molecule has 0 aliphatic rings. The van der Waals surface area contributed by atoms with Gasteiger partial charge in [0.2, 0.25) is 5.91 Å². The number of carbonyl (C=O) groups excluding carboxylic acids is 3. The molecule has 0 bridgehead atoms. The molecule has 7 nitrogen and oxygen atoms in total. The number of alkyl carbamates (subject to hydrolysis) is 1. The lowest BCUT2D eigenvalue weighted by atomic mass is 10.2. The Morgan fingerprint density at radius 1 is 1.22 bits per heavy atom. The zero-order valence-electron chi connectivity index (χ0n) is 11.0. The van der Waals surface area contributed by atoms with Crippen LogP contribution in [-0.2, 0) is 19.1 Å². The van der Waals surface area contributed by atoms with Crippen LogP contribution in [0.25, 0.3) is 0 Å². The highest BCUT2D eigenvalue weighted by molar-refractivity contribution is 5.94. The topological polar surface area (TPSA) is 93.7 Å². The Bertz CT molecular complexity index is 357. The number of carbonyl (C=O) groups is 3. The van der Waals surface area contributed by atoms with Gasteiger partial charge in [-0.25, -0.2) is 9.59 Å². The number of methoxy groups -OCH3 is 1. The third-order valence-electron chi connectivity index (χ3n) is 1.51. The fourth-order valence-corrected chi connectivity index (χ4v) is 0.853. The first kappa shape index (κ1) is 16.0. The van der Waals surface area contributed by atoms with Gasteiger partial charge in [0.15, 0.2) is 0 Å². The Morgan fingerprint density at radius 3 is 2.22 bits per heavy atom. The van der Waals surface area contributed by atoms with E-state index in [1.54, 1.807) is 20.8 Å². The van der Waals surface area contributed by atoms with Gasteiger partial charge in [-0.1, -0.05) is 6.58 Å². The van der Waals surface area contributed by atoms with Crippen molar-refractivity contribution in [2.24, 2.45) is 0 Å². The van der Waals surface area contributed by atoms with Crippen LogP contribution in [-0.4, -0.2) is 37.2 Å². The van der Waals surface area contributed by atoms with E-state index in [-0.39, 0.29) is 12.2 Å². The maximum Gasteiger partial charge on any atom is 0.408 e. The molecule has 0 aliphatic carbocycles.